The van der Waals surface area contributed by atoms with Crippen LogP contribution in [0.4, 0.5) is 24.9 Å². The van der Waals surface area contributed by atoms with Crippen molar-refractivity contribution in [1.82, 2.24) is 9.97 Å². The number of anilines is 2. The summed E-state index contributed by atoms with van der Waals surface area (Å²) in [7, 11) is 0. The molecule has 0 saturated carbocycles. The Hall–Kier alpha value is -1.53. The summed E-state index contributed by atoms with van der Waals surface area (Å²) in [6.45, 7) is 7.74. The van der Waals surface area contributed by atoms with Gasteiger partial charge in [-0.1, -0.05) is 0 Å². The van der Waals surface area contributed by atoms with Crippen LogP contribution in [0.3, 0.4) is 0 Å². The Morgan fingerprint density at radius 3 is 2.22 bits per heavy atom. The van der Waals surface area contributed by atoms with Gasteiger partial charge in [0.15, 0.2) is 5.69 Å². The molecular weight excluding hydrogens is 245 g/mol. The summed E-state index contributed by atoms with van der Waals surface area (Å²) in [5.41, 5.74) is -1.37. The zero-order valence-electron chi connectivity index (χ0n) is 10.8. The molecule has 0 aliphatic heterocycles. The third-order valence-electron chi connectivity index (χ3n) is 1.86. The maximum absolute atomic E-state index is 12.7. The number of nitrogens with zero attached hydrogens (tertiary/aromatic N) is 2. The second-order valence-electron chi connectivity index (χ2n) is 4.87. The molecule has 0 aliphatic rings. The monoisotopic (exact) mass is 262 g/mol. The van der Waals surface area contributed by atoms with Crippen LogP contribution in [0.25, 0.3) is 0 Å². The molecule has 1 heterocycles. The van der Waals surface area contributed by atoms with E-state index in [2.05, 4.69) is 20.6 Å². The minimum atomic E-state index is -4.48. The second-order valence-corrected chi connectivity index (χ2v) is 4.87. The van der Waals surface area contributed by atoms with Crippen LogP contribution in [0.2, 0.25) is 0 Å². The molecule has 2 N–H and O–H groups in total. The number of nitrogens with one attached hydrogen (secondary N) is 2. The van der Waals surface area contributed by atoms with Gasteiger partial charge in [-0.05, 0) is 27.7 Å². The maximum Gasteiger partial charge on any atom is 0.433 e. The standard InChI is InChI=1S/C11H17F3N4/c1-5-15-8-6-7(11(12,13)14)16-9(17-8)18-10(2,3)4/h6H,5H2,1-4H3,(H2,15,16,17,18). The van der Waals surface area contributed by atoms with Gasteiger partial charge in [0.25, 0.3) is 0 Å². The topological polar surface area (TPSA) is 49.8 Å². The van der Waals surface area contributed by atoms with Crippen molar-refractivity contribution in [2.24, 2.45) is 0 Å². The number of hydrogen-bond donors (Lipinski definition) is 2. The molecule has 1 aromatic rings. The molecule has 1 aromatic heterocycles. The van der Waals surface area contributed by atoms with Gasteiger partial charge in [-0.2, -0.15) is 18.2 Å². The molecule has 18 heavy (non-hydrogen) atoms. The predicted molar refractivity (Wildman–Crippen MR) is 64.6 cm³/mol. The highest BCUT2D eigenvalue weighted by molar-refractivity contribution is 5.43. The van der Waals surface area contributed by atoms with Crippen LogP contribution in [-0.2, 0) is 6.18 Å². The van der Waals surface area contributed by atoms with Crippen LogP contribution in [-0.4, -0.2) is 22.1 Å². The smallest absolute Gasteiger partial charge is 0.370 e. The molecule has 0 bridgehead atoms. The number of hydrogen-bond acceptors (Lipinski definition) is 4. The van der Waals surface area contributed by atoms with E-state index < -0.39 is 17.4 Å². The van der Waals surface area contributed by atoms with E-state index in [9.17, 15) is 13.2 Å². The minimum absolute atomic E-state index is 0.0340. The zero-order chi connectivity index (χ0) is 14.0. The van der Waals surface area contributed by atoms with Crippen LogP contribution >= 0.6 is 0 Å². The molecule has 0 aromatic carbocycles. The lowest BCUT2D eigenvalue weighted by atomic mass is 10.1. The first-order chi connectivity index (χ1) is 8.12. The summed E-state index contributed by atoms with van der Waals surface area (Å²) in [6.07, 6.45) is -4.48. The van der Waals surface area contributed by atoms with Crippen molar-refractivity contribution in [3.8, 4) is 0 Å². The average molecular weight is 262 g/mol. The van der Waals surface area contributed by atoms with Gasteiger partial charge in [-0.15, -0.1) is 0 Å². The van der Waals surface area contributed by atoms with Gasteiger partial charge in [0.05, 0.1) is 0 Å². The van der Waals surface area contributed by atoms with Gasteiger partial charge in [-0.3, -0.25) is 0 Å². The van der Waals surface area contributed by atoms with Gasteiger partial charge >= 0.3 is 6.18 Å². The van der Waals surface area contributed by atoms with Crippen LogP contribution in [0.15, 0.2) is 6.07 Å². The molecule has 4 nitrogen and oxygen atoms in total. The highest BCUT2D eigenvalue weighted by Gasteiger charge is 2.34. The normalized spacial score (nSPS) is 12.4. The first-order valence-electron chi connectivity index (χ1n) is 5.60. The Morgan fingerprint density at radius 1 is 1.17 bits per heavy atom. The third kappa shape index (κ3) is 4.38. The van der Waals surface area contributed by atoms with Gasteiger partial charge < -0.3 is 10.6 Å². The number of alkyl halides is 3. The van der Waals surface area contributed by atoms with Crippen molar-refractivity contribution in [2.75, 3.05) is 17.2 Å². The van der Waals surface area contributed by atoms with E-state index in [4.69, 9.17) is 0 Å². The lowest BCUT2D eigenvalue weighted by molar-refractivity contribution is -0.141. The van der Waals surface area contributed by atoms with E-state index in [1.54, 1.807) is 6.92 Å². The quantitative estimate of drug-likeness (QED) is 0.878. The molecule has 0 fully saturated rings. The van der Waals surface area contributed by atoms with Crippen LogP contribution in [0.1, 0.15) is 33.4 Å². The SMILES string of the molecule is CCNc1cc(C(F)(F)F)nc(NC(C)(C)C)n1. The Bertz CT molecular complexity index is 410. The Balaban J connectivity index is 3.14. The Labute approximate surface area is 104 Å². The van der Waals surface area contributed by atoms with E-state index in [-0.39, 0.29) is 11.8 Å². The summed E-state index contributed by atoms with van der Waals surface area (Å²) in [5, 5.41) is 5.59. The van der Waals surface area contributed by atoms with Gasteiger partial charge in [0, 0.05) is 18.2 Å². The highest BCUT2D eigenvalue weighted by atomic mass is 19.4. The second kappa shape index (κ2) is 4.99. The van der Waals surface area contributed by atoms with Crippen LogP contribution in [0.5, 0.6) is 0 Å². The number of rotatable bonds is 3. The molecule has 0 aliphatic carbocycles. The molecule has 0 atom stereocenters. The summed E-state index contributed by atoms with van der Waals surface area (Å²) in [6, 6.07) is 0.900. The lowest BCUT2D eigenvalue weighted by Crippen LogP contribution is -2.28. The van der Waals surface area contributed by atoms with Gasteiger partial charge in [-0.25, -0.2) is 4.98 Å². The molecule has 0 amide bonds. The zero-order valence-corrected chi connectivity index (χ0v) is 10.8. The largest absolute Gasteiger partial charge is 0.433 e. The molecule has 0 unspecified atom stereocenters. The fraction of sp³-hybridized carbons (Fsp3) is 0.636. The van der Waals surface area contributed by atoms with Crippen molar-refractivity contribution in [2.45, 2.75) is 39.4 Å². The fourth-order valence-corrected chi connectivity index (χ4v) is 1.26. The molecule has 0 saturated heterocycles. The van der Waals surface area contributed by atoms with Crippen LogP contribution in [0, 0.1) is 0 Å². The van der Waals surface area contributed by atoms with E-state index in [1.807, 2.05) is 20.8 Å². The van der Waals surface area contributed by atoms with E-state index >= 15 is 0 Å². The van der Waals surface area contributed by atoms with E-state index in [1.165, 1.54) is 0 Å². The van der Waals surface area contributed by atoms with Crippen molar-refractivity contribution < 1.29 is 13.2 Å². The highest BCUT2D eigenvalue weighted by Crippen LogP contribution is 2.30. The van der Waals surface area contributed by atoms with Crippen molar-refractivity contribution >= 4 is 11.8 Å². The van der Waals surface area contributed by atoms with Gasteiger partial charge in [0.1, 0.15) is 5.82 Å². The first kappa shape index (κ1) is 14.5. The first-order valence-corrected chi connectivity index (χ1v) is 5.60. The van der Waals surface area contributed by atoms with E-state index in [0.29, 0.717) is 6.54 Å². The van der Waals surface area contributed by atoms with Crippen molar-refractivity contribution in [3.05, 3.63) is 11.8 Å². The van der Waals surface area contributed by atoms with Gasteiger partial charge in [0.2, 0.25) is 5.95 Å². The Kier molecular flexibility index (Phi) is 4.03. The average Bonchev–Trinajstić information content (AvgIpc) is 2.13. The number of aromatic nitrogens is 2. The summed E-state index contributed by atoms with van der Waals surface area (Å²) >= 11 is 0. The van der Waals surface area contributed by atoms with Crippen molar-refractivity contribution in [1.29, 1.82) is 0 Å². The summed E-state index contributed by atoms with van der Waals surface area (Å²) in [5.74, 6) is 0.125. The molecule has 0 spiro atoms. The Morgan fingerprint density at radius 2 is 1.78 bits per heavy atom. The fourth-order valence-electron chi connectivity index (χ4n) is 1.26. The minimum Gasteiger partial charge on any atom is -0.370 e. The van der Waals surface area contributed by atoms with E-state index in [0.717, 1.165) is 6.07 Å². The number of halogens is 3. The van der Waals surface area contributed by atoms with Crippen LogP contribution < -0.4 is 10.6 Å². The molecule has 102 valence electrons. The van der Waals surface area contributed by atoms with Crippen molar-refractivity contribution in [3.63, 3.8) is 0 Å². The molecular formula is C11H17F3N4. The molecule has 7 heteroatoms. The predicted octanol–water partition coefficient (Wildman–Crippen LogP) is 3.14. The third-order valence-corrected chi connectivity index (χ3v) is 1.86. The lowest BCUT2D eigenvalue weighted by Gasteiger charge is -2.21. The summed E-state index contributed by atoms with van der Waals surface area (Å²) < 4.78 is 38.0. The summed E-state index contributed by atoms with van der Waals surface area (Å²) in [4.78, 5) is 7.47. The molecule has 0 radical (unpaired) electrons. The molecule has 1 rings (SSSR count). The maximum atomic E-state index is 12.7.